The van der Waals surface area contributed by atoms with E-state index in [1.807, 2.05) is 6.92 Å². The van der Waals surface area contributed by atoms with Crippen LogP contribution in [-0.4, -0.2) is 11.0 Å². The third kappa shape index (κ3) is 2.31. The molecule has 1 unspecified atom stereocenters. The molecular weight excluding hydrogens is 162 g/mol. The molecule has 0 aliphatic carbocycles. The van der Waals surface area contributed by atoms with Crippen molar-refractivity contribution in [1.29, 1.82) is 5.26 Å². The van der Waals surface area contributed by atoms with E-state index in [9.17, 15) is 0 Å². The predicted octanol–water partition coefficient (Wildman–Crippen LogP) is 1.94. The molecule has 0 amide bonds. The molecule has 0 aromatic carbocycles. The second-order valence-electron chi connectivity index (χ2n) is 2.70. The lowest BCUT2D eigenvalue weighted by Gasteiger charge is -2.10. The first-order valence-corrected chi connectivity index (χ1v) is 4.01. The third-order valence-electron chi connectivity index (χ3n) is 1.68. The lowest BCUT2D eigenvalue weighted by Crippen LogP contribution is -2.12. The summed E-state index contributed by atoms with van der Waals surface area (Å²) >= 11 is 0. The number of nitrogens with zero attached hydrogens (tertiary/aromatic N) is 2. The number of aromatic nitrogens is 1. The molecule has 0 radical (unpaired) electrons. The molecule has 3 heteroatoms. The highest BCUT2D eigenvalue weighted by molar-refractivity contribution is 5.56. The van der Waals surface area contributed by atoms with Crippen molar-refractivity contribution in [3.05, 3.63) is 36.7 Å². The molecule has 0 aliphatic rings. The fourth-order valence-electron chi connectivity index (χ4n) is 0.911. The zero-order chi connectivity index (χ0) is 9.68. The van der Waals surface area contributed by atoms with Crippen molar-refractivity contribution in [2.24, 2.45) is 0 Å². The van der Waals surface area contributed by atoms with Crippen LogP contribution in [-0.2, 0) is 0 Å². The van der Waals surface area contributed by atoms with Gasteiger partial charge in [-0.2, -0.15) is 5.26 Å². The van der Waals surface area contributed by atoms with Gasteiger partial charge in [-0.3, -0.25) is 4.98 Å². The second-order valence-corrected chi connectivity index (χ2v) is 2.70. The molecule has 0 aliphatic heterocycles. The Labute approximate surface area is 77.7 Å². The van der Waals surface area contributed by atoms with Crippen LogP contribution in [0.25, 0.3) is 0 Å². The van der Waals surface area contributed by atoms with Crippen LogP contribution in [0.15, 0.2) is 31.1 Å². The average Bonchev–Trinajstić information content (AvgIpc) is 2.18. The van der Waals surface area contributed by atoms with Gasteiger partial charge in [-0.25, -0.2) is 0 Å². The zero-order valence-electron chi connectivity index (χ0n) is 7.49. The maximum absolute atomic E-state index is 8.76. The summed E-state index contributed by atoms with van der Waals surface area (Å²) in [7, 11) is 0. The van der Waals surface area contributed by atoms with Gasteiger partial charge in [-0.15, -0.1) is 6.58 Å². The first-order valence-electron chi connectivity index (χ1n) is 4.01. The Morgan fingerprint density at radius 1 is 1.77 bits per heavy atom. The summed E-state index contributed by atoms with van der Waals surface area (Å²) in [6, 6.07) is 3.90. The summed E-state index contributed by atoms with van der Waals surface area (Å²) in [5.41, 5.74) is 1.35. The van der Waals surface area contributed by atoms with Crippen molar-refractivity contribution in [1.82, 2.24) is 4.98 Å². The van der Waals surface area contributed by atoms with Gasteiger partial charge < -0.3 is 5.32 Å². The summed E-state index contributed by atoms with van der Waals surface area (Å²) in [4.78, 5) is 3.93. The standard InChI is InChI=1S/C10H11N3/c1-3-8(2)13-10-7-12-5-4-9(10)6-11/h3-5,7-8,13H,1H2,2H3. The summed E-state index contributed by atoms with van der Waals surface area (Å²) in [6.45, 7) is 5.61. The topological polar surface area (TPSA) is 48.7 Å². The molecule has 1 N–H and O–H groups in total. The van der Waals surface area contributed by atoms with Gasteiger partial charge in [-0.05, 0) is 13.0 Å². The van der Waals surface area contributed by atoms with Gasteiger partial charge in [0.05, 0.1) is 17.4 Å². The SMILES string of the molecule is C=CC(C)Nc1cnccc1C#N. The molecule has 0 bridgehead atoms. The van der Waals surface area contributed by atoms with Crippen LogP contribution < -0.4 is 5.32 Å². The highest BCUT2D eigenvalue weighted by atomic mass is 14.9. The minimum absolute atomic E-state index is 0.135. The normalized spacial score (nSPS) is 11.4. The van der Waals surface area contributed by atoms with Crippen LogP contribution in [0.2, 0.25) is 0 Å². The van der Waals surface area contributed by atoms with E-state index in [1.54, 1.807) is 24.5 Å². The fourth-order valence-corrected chi connectivity index (χ4v) is 0.911. The van der Waals surface area contributed by atoms with Gasteiger partial charge in [0.1, 0.15) is 6.07 Å². The molecule has 1 heterocycles. The van der Waals surface area contributed by atoms with E-state index < -0.39 is 0 Å². The Bertz CT molecular complexity index is 338. The number of rotatable bonds is 3. The van der Waals surface area contributed by atoms with Gasteiger partial charge >= 0.3 is 0 Å². The first-order chi connectivity index (χ1) is 6.27. The summed E-state index contributed by atoms with van der Waals surface area (Å²) < 4.78 is 0. The number of nitriles is 1. The van der Waals surface area contributed by atoms with Gasteiger partial charge in [0.25, 0.3) is 0 Å². The maximum atomic E-state index is 8.76. The molecule has 0 fully saturated rings. The highest BCUT2D eigenvalue weighted by Crippen LogP contribution is 2.12. The number of pyridine rings is 1. The van der Waals surface area contributed by atoms with Crippen LogP contribution in [0.4, 0.5) is 5.69 Å². The number of hydrogen-bond acceptors (Lipinski definition) is 3. The van der Waals surface area contributed by atoms with Crippen molar-refractivity contribution in [3.63, 3.8) is 0 Å². The van der Waals surface area contributed by atoms with Crippen LogP contribution in [0.5, 0.6) is 0 Å². The van der Waals surface area contributed by atoms with E-state index in [-0.39, 0.29) is 6.04 Å². The van der Waals surface area contributed by atoms with Crippen molar-refractivity contribution >= 4 is 5.69 Å². The van der Waals surface area contributed by atoms with E-state index in [1.165, 1.54) is 0 Å². The lowest BCUT2D eigenvalue weighted by molar-refractivity contribution is 0.996. The van der Waals surface area contributed by atoms with Crippen LogP contribution in [0.3, 0.4) is 0 Å². The molecule has 0 saturated carbocycles. The average molecular weight is 173 g/mol. The Balaban J connectivity index is 2.88. The molecule has 13 heavy (non-hydrogen) atoms. The molecule has 1 aromatic heterocycles. The van der Waals surface area contributed by atoms with Crippen molar-refractivity contribution in [2.45, 2.75) is 13.0 Å². The minimum atomic E-state index is 0.135. The minimum Gasteiger partial charge on any atom is -0.377 e. The van der Waals surface area contributed by atoms with Gasteiger partial charge in [-0.1, -0.05) is 6.08 Å². The van der Waals surface area contributed by atoms with Crippen LogP contribution in [0.1, 0.15) is 12.5 Å². The Kier molecular flexibility index (Phi) is 3.04. The van der Waals surface area contributed by atoms with Crippen molar-refractivity contribution < 1.29 is 0 Å². The van der Waals surface area contributed by atoms with Crippen molar-refractivity contribution in [2.75, 3.05) is 5.32 Å². The summed E-state index contributed by atoms with van der Waals surface area (Å²) in [5.74, 6) is 0. The van der Waals surface area contributed by atoms with Gasteiger partial charge in [0, 0.05) is 12.2 Å². The fraction of sp³-hybridized carbons (Fsp3) is 0.200. The Morgan fingerprint density at radius 3 is 3.15 bits per heavy atom. The maximum Gasteiger partial charge on any atom is 0.101 e. The second kappa shape index (κ2) is 4.27. The van der Waals surface area contributed by atoms with E-state index >= 15 is 0 Å². The molecule has 1 aromatic rings. The van der Waals surface area contributed by atoms with Crippen LogP contribution >= 0.6 is 0 Å². The smallest absolute Gasteiger partial charge is 0.101 e. The van der Waals surface area contributed by atoms with Crippen molar-refractivity contribution in [3.8, 4) is 6.07 Å². The Morgan fingerprint density at radius 2 is 2.54 bits per heavy atom. The number of nitrogens with one attached hydrogen (secondary N) is 1. The van der Waals surface area contributed by atoms with Crippen LogP contribution in [0, 0.1) is 11.3 Å². The third-order valence-corrected chi connectivity index (χ3v) is 1.68. The largest absolute Gasteiger partial charge is 0.377 e. The Hall–Kier alpha value is -1.82. The molecule has 0 spiro atoms. The van der Waals surface area contributed by atoms with E-state index in [2.05, 4.69) is 22.9 Å². The zero-order valence-corrected chi connectivity index (χ0v) is 7.49. The molecule has 66 valence electrons. The van der Waals surface area contributed by atoms with E-state index in [4.69, 9.17) is 5.26 Å². The highest BCUT2D eigenvalue weighted by Gasteiger charge is 2.02. The molecule has 0 saturated heterocycles. The monoisotopic (exact) mass is 173 g/mol. The molecular formula is C10H11N3. The summed E-state index contributed by atoms with van der Waals surface area (Å²) in [6.07, 6.45) is 5.01. The lowest BCUT2D eigenvalue weighted by atomic mass is 10.2. The van der Waals surface area contributed by atoms with E-state index in [0.29, 0.717) is 5.56 Å². The molecule has 3 nitrogen and oxygen atoms in total. The summed E-state index contributed by atoms with van der Waals surface area (Å²) in [5, 5.41) is 11.9. The number of anilines is 1. The molecule has 1 atom stereocenters. The quantitative estimate of drug-likeness (QED) is 0.710. The first kappa shape index (κ1) is 9.27. The van der Waals surface area contributed by atoms with E-state index in [0.717, 1.165) is 5.69 Å². The predicted molar refractivity (Wildman–Crippen MR) is 52.2 cm³/mol. The van der Waals surface area contributed by atoms with Gasteiger partial charge in [0.15, 0.2) is 0 Å². The van der Waals surface area contributed by atoms with Gasteiger partial charge in [0.2, 0.25) is 0 Å². The number of hydrogen-bond donors (Lipinski definition) is 1. The molecule has 1 rings (SSSR count).